The van der Waals surface area contributed by atoms with Crippen molar-refractivity contribution in [2.24, 2.45) is 7.05 Å². The fraction of sp³-hybridized carbons (Fsp3) is 0.300. The molecule has 2 saturated heterocycles. The first-order valence-corrected chi connectivity index (χ1v) is 18.0. The maximum absolute atomic E-state index is 6.28. The summed E-state index contributed by atoms with van der Waals surface area (Å²) in [6.45, 7) is 10.8. The van der Waals surface area contributed by atoms with E-state index in [2.05, 4.69) is 74.9 Å². The van der Waals surface area contributed by atoms with Crippen LogP contribution in [0.3, 0.4) is 0 Å². The second kappa shape index (κ2) is 16.8. The molecular weight excluding hydrogens is 872 g/mol. The van der Waals surface area contributed by atoms with E-state index in [1.165, 1.54) is 0 Å². The van der Waals surface area contributed by atoms with Gasteiger partial charge in [0.05, 0.1) is 56.1 Å². The van der Waals surface area contributed by atoms with Crippen molar-refractivity contribution in [1.82, 2.24) is 39.7 Å². The quantitative estimate of drug-likeness (QED) is 0.132. The van der Waals surface area contributed by atoms with E-state index in [4.69, 9.17) is 36.0 Å². The number of halogens is 1. The summed E-state index contributed by atoms with van der Waals surface area (Å²) in [7, 11) is 1.95. The Morgan fingerprint density at radius 1 is 0.759 bits per heavy atom. The maximum atomic E-state index is 6.28. The number of hydrogen-bond acceptors (Lipinski definition) is 9. The minimum Gasteiger partial charge on any atom is -0.377 e. The largest absolute Gasteiger partial charge is 0.377 e. The van der Waals surface area contributed by atoms with Gasteiger partial charge in [-0.05, 0) is 50.6 Å². The van der Waals surface area contributed by atoms with Gasteiger partial charge in [0.1, 0.15) is 16.8 Å². The van der Waals surface area contributed by atoms with Crippen molar-refractivity contribution in [2.75, 3.05) is 49.3 Å². The van der Waals surface area contributed by atoms with E-state index < -0.39 is 0 Å². The predicted molar refractivity (Wildman–Crippen MR) is 214 cm³/mol. The van der Waals surface area contributed by atoms with E-state index in [0.29, 0.717) is 37.4 Å². The Hall–Kier alpha value is -4.61. The summed E-state index contributed by atoms with van der Waals surface area (Å²) in [6.07, 6.45) is 5.75. The molecule has 0 aliphatic carbocycles. The van der Waals surface area contributed by atoms with Gasteiger partial charge in [-0.1, -0.05) is 35.9 Å². The molecule has 0 saturated carbocycles. The van der Waals surface area contributed by atoms with E-state index >= 15 is 0 Å². The van der Waals surface area contributed by atoms with Crippen LogP contribution < -0.4 is 9.80 Å². The van der Waals surface area contributed by atoms with Crippen LogP contribution in [0.25, 0.3) is 56.0 Å². The van der Waals surface area contributed by atoms with Gasteiger partial charge >= 0.3 is 0 Å². The normalized spacial score (nSPS) is 17.1. The number of fused-ring (bicyclic) bond motifs is 2. The molecule has 54 heavy (non-hydrogen) atoms. The number of nitrogens with zero attached hydrogens (tertiary/aromatic N) is 8. The zero-order valence-corrected chi connectivity index (χ0v) is 34.8. The molecule has 2 aliphatic heterocycles. The minimum absolute atomic E-state index is 0. The third-order valence-corrected chi connectivity index (χ3v) is 9.95. The van der Waals surface area contributed by atoms with Crippen LogP contribution in [0.15, 0.2) is 79.3 Å². The predicted octanol–water partition coefficient (Wildman–Crippen LogP) is 7.76. The summed E-state index contributed by atoms with van der Waals surface area (Å²) in [6, 6.07) is 20.8. The molecule has 9 rings (SSSR count). The Balaban J connectivity index is 0.000000205. The molecule has 2 aliphatic rings. The van der Waals surface area contributed by atoms with E-state index in [-0.39, 0.29) is 42.0 Å². The number of anilines is 2. The van der Waals surface area contributed by atoms with Gasteiger partial charge in [-0.15, -0.1) is 0 Å². The van der Waals surface area contributed by atoms with Crippen molar-refractivity contribution in [2.45, 2.75) is 32.9 Å². The standard InChI is InChI=1S/C22H24N6O.C17H17ClN4O.CH3.W.H2/c1-14-12-24-27(3)21(14)19-11-20(28-9-10-29-13-15(28)2)26-22(25-19)17-5-4-6-18-16(17)7-8-23-18;1-11-10-23-8-7-22(11)16-9-15(18)20-17(21-16)13-3-2-4-14-12(13)5-6-19-14;;;/h4-8,11-12,15,23H,9-10,13H2,1-3H3;2-6,9,11,19H,7-8,10H2,1H3;1H3;;1H/q;;-1;;/t15-;11-;;;/m11.../s1/i;;;;1+1. The summed E-state index contributed by atoms with van der Waals surface area (Å²) < 4.78 is 13.0. The van der Waals surface area contributed by atoms with Crippen molar-refractivity contribution < 1.29 is 32.0 Å². The number of aryl methyl sites for hydroxylation is 2. The fourth-order valence-electron chi connectivity index (χ4n) is 7.11. The van der Waals surface area contributed by atoms with E-state index in [1.807, 2.05) is 66.7 Å². The molecule has 5 aromatic heterocycles. The smallest absolute Gasteiger partial charge is 0.163 e. The van der Waals surface area contributed by atoms with Crippen LogP contribution >= 0.6 is 11.6 Å². The van der Waals surface area contributed by atoms with Crippen LogP contribution in [0.2, 0.25) is 5.15 Å². The number of ether oxygens (including phenoxy) is 2. The number of hydrogen-bond donors (Lipinski definition) is 2. The molecule has 2 N–H and O–H groups in total. The van der Waals surface area contributed by atoms with Crippen molar-refractivity contribution >= 4 is 45.0 Å². The number of nitrogens with one attached hydrogen (secondary N) is 2. The Labute approximate surface area is 336 Å². The molecule has 0 spiro atoms. The Bertz CT molecular complexity index is 2340. The monoisotopic (exact) mass is 918 g/mol. The van der Waals surface area contributed by atoms with Crippen LogP contribution in [0.5, 0.6) is 0 Å². The van der Waals surface area contributed by atoms with Gasteiger partial charge < -0.3 is 36.7 Å². The van der Waals surface area contributed by atoms with Crippen LogP contribution in [-0.2, 0) is 37.6 Å². The van der Waals surface area contributed by atoms with E-state index in [9.17, 15) is 0 Å². The van der Waals surface area contributed by atoms with Gasteiger partial charge in [0.15, 0.2) is 11.6 Å². The molecule has 282 valence electrons. The summed E-state index contributed by atoms with van der Waals surface area (Å²) >= 11 is 6.28. The van der Waals surface area contributed by atoms with Crippen molar-refractivity contribution in [3.63, 3.8) is 0 Å². The van der Waals surface area contributed by atoms with E-state index in [0.717, 1.165) is 80.4 Å². The zero-order chi connectivity index (χ0) is 35.8. The minimum atomic E-state index is 0. The van der Waals surface area contributed by atoms with Gasteiger partial charge in [0.2, 0.25) is 0 Å². The third kappa shape index (κ3) is 7.79. The van der Waals surface area contributed by atoms with Crippen LogP contribution in [0, 0.1) is 14.4 Å². The third-order valence-electron chi connectivity index (χ3n) is 9.75. The first kappa shape index (κ1) is 39.1. The Morgan fingerprint density at radius 3 is 1.81 bits per heavy atom. The Morgan fingerprint density at radius 2 is 1.30 bits per heavy atom. The van der Waals surface area contributed by atoms with Crippen molar-refractivity contribution in [1.29, 1.82) is 0 Å². The SMILES string of the molecule is C[C@@H]1COCCN1c1cc(Cl)nc(-c2cccc3[nH]ccc23)n1.Cc1cnn(C)c1-c1cc(N2CCOC[C@H]2C)nc(-c2cccc3[nH]ccc23)n1.[2HH].[CH3-].[W]. The molecular formula is C40H46ClN10O2W-. The number of rotatable bonds is 5. The van der Waals surface area contributed by atoms with Crippen LogP contribution in [0.1, 0.15) is 20.8 Å². The van der Waals surface area contributed by atoms with Crippen molar-refractivity contribution in [3.05, 3.63) is 97.4 Å². The van der Waals surface area contributed by atoms with Crippen LogP contribution in [0.4, 0.5) is 11.6 Å². The van der Waals surface area contributed by atoms with E-state index in [1.54, 1.807) is 0 Å². The molecule has 2 atom stereocenters. The fourth-order valence-corrected chi connectivity index (χ4v) is 7.29. The second-order valence-electron chi connectivity index (χ2n) is 13.3. The average molecular weight is 919 g/mol. The average Bonchev–Trinajstić information content (AvgIpc) is 3.92. The maximum Gasteiger partial charge on any atom is 0.163 e. The zero-order valence-electron chi connectivity index (χ0n) is 31.1. The van der Waals surface area contributed by atoms with Gasteiger partial charge in [0, 0.05) is 100 Å². The van der Waals surface area contributed by atoms with Gasteiger partial charge in [0.25, 0.3) is 0 Å². The topological polar surface area (TPSA) is 126 Å². The number of aromatic nitrogens is 8. The first-order chi connectivity index (χ1) is 25.3. The molecule has 14 heteroatoms. The van der Waals surface area contributed by atoms with Crippen LogP contribution in [-0.4, -0.2) is 91.3 Å². The summed E-state index contributed by atoms with van der Waals surface area (Å²) in [5, 5.41) is 7.08. The molecule has 7 aromatic rings. The molecule has 0 radical (unpaired) electrons. The molecule has 0 unspecified atom stereocenters. The number of H-pyrrole nitrogens is 2. The first-order valence-electron chi connectivity index (χ1n) is 17.6. The van der Waals surface area contributed by atoms with Crippen molar-refractivity contribution in [3.8, 4) is 34.2 Å². The summed E-state index contributed by atoms with van der Waals surface area (Å²) in [5.74, 6) is 3.15. The molecule has 12 nitrogen and oxygen atoms in total. The summed E-state index contributed by atoms with van der Waals surface area (Å²) in [4.78, 5) is 30.2. The molecule has 2 aromatic carbocycles. The summed E-state index contributed by atoms with van der Waals surface area (Å²) in [5.41, 5.74) is 7.13. The van der Waals surface area contributed by atoms with Gasteiger partial charge in [-0.3, -0.25) is 4.68 Å². The number of aromatic amines is 2. The molecule has 2 fully saturated rings. The Kier molecular flexibility index (Phi) is 12.2. The molecule has 7 heterocycles. The van der Waals surface area contributed by atoms with Gasteiger partial charge in [-0.25, -0.2) is 19.9 Å². The number of morpholine rings is 2. The second-order valence-corrected chi connectivity index (χ2v) is 13.7. The molecule has 0 amide bonds. The van der Waals surface area contributed by atoms with Gasteiger partial charge in [-0.2, -0.15) is 5.10 Å². The molecule has 0 bridgehead atoms. The number of benzene rings is 2.